The minimum atomic E-state index is 0.434. The maximum Gasteiger partial charge on any atom is 0.177 e. The van der Waals surface area contributed by atoms with Crippen molar-refractivity contribution in [1.29, 1.82) is 0 Å². The molecule has 0 unspecified atom stereocenters. The van der Waals surface area contributed by atoms with Gasteiger partial charge in [0.15, 0.2) is 5.17 Å². The number of nitrogens with one attached hydrogen (secondary N) is 1. The van der Waals surface area contributed by atoms with Gasteiger partial charge in [-0.3, -0.25) is 10.4 Å². The van der Waals surface area contributed by atoms with Crippen LogP contribution in [0.4, 0.5) is 0 Å². The summed E-state index contributed by atoms with van der Waals surface area (Å²) in [7, 11) is 0. The average Bonchev–Trinajstić information content (AvgIpc) is 2.46. The van der Waals surface area contributed by atoms with E-state index in [1.54, 1.807) is 0 Å². The van der Waals surface area contributed by atoms with Gasteiger partial charge in [0.1, 0.15) is 0 Å². The van der Waals surface area contributed by atoms with Crippen molar-refractivity contribution in [1.82, 2.24) is 5.43 Å². The summed E-state index contributed by atoms with van der Waals surface area (Å²) in [5.41, 5.74) is 5.18. The van der Waals surface area contributed by atoms with Crippen molar-refractivity contribution < 1.29 is 0 Å². The van der Waals surface area contributed by atoms with Crippen LogP contribution in [0.2, 0.25) is 0 Å². The lowest BCUT2D eigenvalue weighted by Gasteiger charge is -2.57. The lowest BCUT2D eigenvalue weighted by atomic mass is 9.48. The lowest BCUT2D eigenvalue weighted by molar-refractivity contribution is -0.0132. The van der Waals surface area contributed by atoms with Gasteiger partial charge in [-0.15, -0.1) is 0 Å². The number of nitrogens with zero attached hydrogens (tertiary/aromatic N) is 2. The second-order valence-electron chi connectivity index (χ2n) is 8.11. The zero-order valence-corrected chi connectivity index (χ0v) is 14.8. The Morgan fingerprint density at radius 2 is 1.82 bits per heavy atom. The maximum absolute atomic E-state index is 4.88. The van der Waals surface area contributed by atoms with Crippen LogP contribution in [0.5, 0.6) is 0 Å². The molecule has 0 aromatic rings. The van der Waals surface area contributed by atoms with Gasteiger partial charge >= 0.3 is 0 Å². The van der Waals surface area contributed by atoms with E-state index in [2.05, 4.69) is 24.3 Å². The van der Waals surface area contributed by atoms with E-state index in [0.29, 0.717) is 10.7 Å². The zero-order chi connectivity index (χ0) is 15.2. The average molecular weight is 320 g/mol. The van der Waals surface area contributed by atoms with E-state index in [0.717, 1.165) is 29.5 Å². The predicted octanol–water partition coefficient (Wildman–Crippen LogP) is 4.44. The van der Waals surface area contributed by atoms with E-state index in [1.807, 2.05) is 11.8 Å². The third kappa shape index (κ3) is 2.61. The van der Waals surface area contributed by atoms with E-state index < -0.39 is 0 Å². The molecule has 1 heterocycles. The molecule has 1 aliphatic heterocycles. The van der Waals surface area contributed by atoms with Crippen molar-refractivity contribution in [2.45, 2.75) is 70.5 Å². The highest BCUT2D eigenvalue weighted by Gasteiger charge is 2.54. The summed E-state index contributed by atoms with van der Waals surface area (Å²) in [4.78, 5) is 4.67. The normalized spacial score (nSPS) is 45.0. The second kappa shape index (κ2) is 5.85. The summed E-state index contributed by atoms with van der Waals surface area (Å²) in [6.07, 6.45) is 11.1. The van der Waals surface area contributed by atoms with Crippen LogP contribution in [-0.4, -0.2) is 22.7 Å². The molecule has 3 nitrogen and oxygen atoms in total. The van der Waals surface area contributed by atoms with Crippen LogP contribution in [0.3, 0.4) is 0 Å². The van der Waals surface area contributed by atoms with Crippen LogP contribution >= 0.6 is 11.8 Å². The van der Waals surface area contributed by atoms with Crippen molar-refractivity contribution in [3.63, 3.8) is 0 Å². The summed E-state index contributed by atoms with van der Waals surface area (Å²) < 4.78 is 0. The molecule has 22 heavy (non-hydrogen) atoms. The third-order valence-electron chi connectivity index (χ3n) is 6.29. The highest BCUT2D eigenvalue weighted by Crippen LogP contribution is 2.61. The maximum atomic E-state index is 4.88. The Labute approximate surface area is 138 Å². The number of hydrogen-bond acceptors (Lipinski definition) is 3. The molecule has 4 saturated carbocycles. The number of hydrazone groups is 1. The SMILES string of the molecule is CCCCN=C1NN=C(C23CC4CC(CC(C4)C2)C3)[C@H](C)S1. The van der Waals surface area contributed by atoms with Gasteiger partial charge in [-0.05, 0) is 69.6 Å². The minimum absolute atomic E-state index is 0.434. The van der Waals surface area contributed by atoms with Crippen LogP contribution in [0, 0.1) is 23.2 Å². The molecular formula is C18H29N3S. The highest BCUT2D eigenvalue weighted by molar-refractivity contribution is 8.15. The molecule has 5 rings (SSSR count). The van der Waals surface area contributed by atoms with E-state index in [9.17, 15) is 0 Å². The van der Waals surface area contributed by atoms with Gasteiger partial charge in [-0.2, -0.15) is 5.10 Å². The summed E-state index contributed by atoms with van der Waals surface area (Å²) in [5.74, 6) is 2.97. The van der Waals surface area contributed by atoms with Crippen molar-refractivity contribution in [3.05, 3.63) is 0 Å². The quantitative estimate of drug-likeness (QED) is 0.778. The Bertz CT molecular complexity index is 461. The molecule has 0 saturated heterocycles. The van der Waals surface area contributed by atoms with Crippen LogP contribution < -0.4 is 5.43 Å². The first kappa shape index (κ1) is 15.0. The number of amidine groups is 1. The van der Waals surface area contributed by atoms with E-state index in [4.69, 9.17) is 5.10 Å². The summed E-state index contributed by atoms with van der Waals surface area (Å²) in [5, 5.41) is 6.41. The molecule has 5 aliphatic rings. The lowest BCUT2D eigenvalue weighted by Crippen LogP contribution is -2.53. The molecule has 0 spiro atoms. The van der Waals surface area contributed by atoms with Gasteiger partial charge in [-0.25, -0.2) is 0 Å². The van der Waals surface area contributed by atoms with Gasteiger partial charge in [0.05, 0.1) is 11.0 Å². The van der Waals surface area contributed by atoms with Crippen LogP contribution in [-0.2, 0) is 0 Å². The zero-order valence-electron chi connectivity index (χ0n) is 14.0. The van der Waals surface area contributed by atoms with Crippen molar-refractivity contribution in [2.24, 2.45) is 33.3 Å². The van der Waals surface area contributed by atoms with E-state index >= 15 is 0 Å². The van der Waals surface area contributed by atoms with E-state index in [-0.39, 0.29) is 0 Å². The Hall–Kier alpha value is -0.510. The Balaban J connectivity index is 1.52. The van der Waals surface area contributed by atoms with Crippen LogP contribution in [0.1, 0.15) is 65.2 Å². The van der Waals surface area contributed by atoms with Gasteiger partial charge in [0.2, 0.25) is 0 Å². The first-order valence-corrected chi connectivity index (χ1v) is 10.1. The minimum Gasteiger partial charge on any atom is -0.261 e. The number of rotatable bonds is 4. The van der Waals surface area contributed by atoms with Gasteiger partial charge < -0.3 is 0 Å². The number of hydrogen-bond donors (Lipinski definition) is 1. The molecule has 0 aromatic carbocycles. The monoisotopic (exact) mass is 319 g/mol. The second-order valence-corrected chi connectivity index (χ2v) is 9.44. The molecule has 1 atom stereocenters. The van der Waals surface area contributed by atoms with Crippen molar-refractivity contribution in [2.75, 3.05) is 6.54 Å². The van der Waals surface area contributed by atoms with Crippen LogP contribution in [0.15, 0.2) is 10.1 Å². The molecule has 1 N–H and O–H groups in total. The Morgan fingerprint density at radius 3 is 2.36 bits per heavy atom. The predicted molar refractivity (Wildman–Crippen MR) is 95.4 cm³/mol. The van der Waals surface area contributed by atoms with Gasteiger partial charge in [0.25, 0.3) is 0 Å². The standard InChI is InChI=1S/C18H29N3S/c1-3-4-5-19-17-21-20-16(12(2)22-17)18-9-13-6-14(10-18)8-15(7-13)11-18/h12-15H,3-11H2,1-2H3,(H,19,21)/t12-,13?,14?,15?,18?/m0/s1. The molecule has 0 amide bonds. The van der Waals surface area contributed by atoms with Gasteiger partial charge in [-0.1, -0.05) is 25.1 Å². The fourth-order valence-corrected chi connectivity index (χ4v) is 6.85. The molecule has 122 valence electrons. The van der Waals surface area contributed by atoms with Crippen molar-refractivity contribution in [3.8, 4) is 0 Å². The Morgan fingerprint density at radius 1 is 1.18 bits per heavy atom. The van der Waals surface area contributed by atoms with Crippen LogP contribution in [0.25, 0.3) is 0 Å². The summed E-state index contributed by atoms with van der Waals surface area (Å²) in [6.45, 7) is 5.49. The molecule has 0 aromatic heterocycles. The van der Waals surface area contributed by atoms with Gasteiger partial charge in [0, 0.05) is 12.0 Å². The first-order chi connectivity index (χ1) is 10.7. The molecule has 0 radical (unpaired) electrons. The molecular weight excluding hydrogens is 290 g/mol. The number of aliphatic imine (C=N–C) groups is 1. The fraction of sp³-hybridized carbons (Fsp3) is 0.889. The molecule has 4 fully saturated rings. The topological polar surface area (TPSA) is 36.8 Å². The fourth-order valence-electron chi connectivity index (χ4n) is 5.83. The Kier molecular flexibility index (Phi) is 4.00. The first-order valence-electron chi connectivity index (χ1n) is 9.23. The highest BCUT2D eigenvalue weighted by atomic mass is 32.2. The largest absolute Gasteiger partial charge is 0.261 e. The van der Waals surface area contributed by atoms with E-state index in [1.165, 1.54) is 57.1 Å². The summed E-state index contributed by atoms with van der Waals surface area (Å²) in [6, 6.07) is 0. The molecule has 4 heteroatoms. The summed E-state index contributed by atoms with van der Waals surface area (Å²) >= 11 is 1.90. The van der Waals surface area contributed by atoms with Crippen molar-refractivity contribution >= 4 is 22.6 Å². The number of unbranched alkanes of at least 4 members (excludes halogenated alkanes) is 1. The number of thioether (sulfide) groups is 1. The smallest absolute Gasteiger partial charge is 0.177 e. The molecule has 4 aliphatic carbocycles. The third-order valence-corrected chi connectivity index (χ3v) is 7.31. The molecule has 4 bridgehead atoms.